The van der Waals surface area contributed by atoms with Gasteiger partial charge in [0.25, 0.3) is 0 Å². The van der Waals surface area contributed by atoms with E-state index in [2.05, 4.69) is 6.58 Å². The summed E-state index contributed by atoms with van der Waals surface area (Å²) in [5.74, 6) is -0.538. The summed E-state index contributed by atoms with van der Waals surface area (Å²) in [6, 6.07) is 0. The second kappa shape index (κ2) is 9.56. The summed E-state index contributed by atoms with van der Waals surface area (Å²) in [6.45, 7) is 10.5. The Kier molecular flexibility index (Phi) is 9.17. The van der Waals surface area contributed by atoms with Crippen LogP contribution in [0.5, 0.6) is 0 Å². The predicted molar refractivity (Wildman–Crippen MR) is 66.0 cm³/mol. The maximum absolute atomic E-state index is 11.1. The summed E-state index contributed by atoms with van der Waals surface area (Å²) >= 11 is 0. The minimum atomic E-state index is -0.770. The fraction of sp³-hybridized carbons (Fsp3) is 0.727. The Balaban J connectivity index is 4.13. The topological polar surface area (TPSA) is 44.8 Å². The van der Waals surface area contributed by atoms with Gasteiger partial charge in [-0.1, -0.05) is 13.5 Å². The van der Waals surface area contributed by atoms with Gasteiger partial charge in [0, 0.05) is 19.3 Å². The molecule has 0 heterocycles. The van der Waals surface area contributed by atoms with Crippen molar-refractivity contribution in [2.24, 2.45) is 0 Å². The van der Waals surface area contributed by atoms with Gasteiger partial charge in [-0.3, -0.25) is 0 Å². The fourth-order valence-electron chi connectivity index (χ4n) is 1.28. The third-order valence-electron chi connectivity index (χ3n) is 2.07. The van der Waals surface area contributed by atoms with E-state index in [0.29, 0.717) is 13.2 Å². The van der Waals surface area contributed by atoms with Crippen LogP contribution in [0.4, 0.5) is 0 Å². The molecular formula is C11H22O4Si. The molecule has 0 saturated carbocycles. The quantitative estimate of drug-likeness (QED) is 0.263. The molecule has 94 valence electrons. The SMILES string of the molecule is C=CC(=O)OC(CC)[SiH2]C(OCC)OCC. The lowest BCUT2D eigenvalue weighted by molar-refractivity contribution is -0.140. The van der Waals surface area contributed by atoms with Crippen molar-refractivity contribution < 1.29 is 19.0 Å². The Morgan fingerprint density at radius 2 is 1.88 bits per heavy atom. The van der Waals surface area contributed by atoms with Gasteiger partial charge in [-0.25, -0.2) is 4.79 Å². The van der Waals surface area contributed by atoms with E-state index >= 15 is 0 Å². The minimum Gasteiger partial charge on any atom is -0.464 e. The van der Waals surface area contributed by atoms with Crippen molar-refractivity contribution in [3.8, 4) is 0 Å². The van der Waals surface area contributed by atoms with Gasteiger partial charge in [-0.05, 0) is 20.3 Å². The van der Waals surface area contributed by atoms with Gasteiger partial charge in [-0.15, -0.1) is 0 Å². The van der Waals surface area contributed by atoms with E-state index in [1.165, 1.54) is 6.08 Å². The Labute approximate surface area is 99.8 Å². The molecule has 0 spiro atoms. The summed E-state index contributed by atoms with van der Waals surface area (Å²) in [7, 11) is -0.770. The second-order valence-corrected chi connectivity index (χ2v) is 5.30. The van der Waals surface area contributed by atoms with Crippen LogP contribution in [-0.4, -0.2) is 40.3 Å². The third kappa shape index (κ3) is 6.76. The second-order valence-electron chi connectivity index (χ2n) is 3.25. The molecular weight excluding hydrogens is 224 g/mol. The number of carbonyl (C=O) groups excluding carboxylic acids is 1. The van der Waals surface area contributed by atoms with Gasteiger partial charge in [0.15, 0.2) is 0 Å². The van der Waals surface area contributed by atoms with Crippen molar-refractivity contribution in [3.05, 3.63) is 12.7 Å². The first-order valence-corrected chi connectivity index (χ1v) is 7.37. The van der Waals surface area contributed by atoms with E-state index in [9.17, 15) is 4.79 Å². The van der Waals surface area contributed by atoms with E-state index < -0.39 is 9.52 Å². The Hall–Kier alpha value is -0.653. The normalized spacial score (nSPS) is 13.2. The smallest absolute Gasteiger partial charge is 0.330 e. The number of esters is 1. The molecule has 16 heavy (non-hydrogen) atoms. The molecule has 0 fully saturated rings. The standard InChI is InChI=1S/C11H22O4Si/c1-5-9(12)15-10(6-2)16-11(13-7-3)14-8-4/h5,10-11H,1,6-8,16H2,2-4H3. The molecule has 0 saturated heterocycles. The van der Waals surface area contributed by atoms with Crippen molar-refractivity contribution in [1.29, 1.82) is 0 Å². The van der Waals surface area contributed by atoms with E-state index in [1.807, 2.05) is 20.8 Å². The summed E-state index contributed by atoms with van der Waals surface area (Å²) < 4.78 is 16.1. The van der Waals surface area contributed by atoms with Crippen LogP contribution in [0.2, 0.25) is 0 Å². The van der Waals surface area contributed by atoms with Gasteiger partial charge >= 0.3 is 5.97 Å². The third-order valence-corrected chi connectivity index (χ3v) is 4.19. The zero-order chi connectivity index (χ0) is 12.4. The maximum atomic E-state index is 11.1. The van der Waals surface area contributed by atoms with Gasteiger partial charge in [0.1, 0.15) is 15.4 Å². The highest BCUT2D eigenvalue weighted by Gasteiger charge is 2.19. The van der Waals surface area contributed by atoms with Crippen LogP contribution >= 0.6 is 0 Å². The van der Waals surface area contributed by atoms with Crippen LogP contribution in [0.15, 0.2) is 12.7 Å². The largest absolute Gasteiger partial charge is 0.464 e. The molecule has 0 radical (unpaired) electrons. The summed E-state index contributed by atoms with van der Waals surface area (Å²) in [5, 5.41) is 0. The molecule has 0 rings (SSSR count). The zero-order valence-corrected chi connectivity index (χ0v) is 11.8. The monoisotopic (exact) mass is 246 g/mol. The summed E-state index contributed by atoms with van der Waals surface area (Å²) in [5.41, 5.74) is -0.0476. The number of ether oxygens (including phenoxy) is 3. The van der Waals surface area contributed by atoms with Crippen LogP contribution in [0.3, 0.4) is 0 Å². The molecule has 0 amide bonds. The first-order valence-electron chi connectivity index (χ1n) is 5.74. The molecule has 0 aromatic heterocycles. The number of rotatable bonds is 9. The van der Waals surface area contributed by atoms with Crippen LogP contribution < -0.4 is 0 Å². The van der Waals surface area contributed by atoms with Crippen molar-refractivity contribution in [2.45, 2.75) is 38.8 Å². The molecule has 1 atom stereocenters. The first-order chi connectivity index (χ1) is 7.67. The molecule has 0 aliphatic rings. The molecule has 0 aliphatic carbocycles. The maximum Gasteiger partial charge on any atom is 0.330 e. The van der Waals surface area contributed by atoms with Crippen LogP contribution in [0.1, 0.15) is 27.2 Å². The molecule has 0 bridgehead atoms. The Bertz CT molecular complexity index is 202. The molecule has 5 heteroatoms. The Morgan fingerprint density at radius 3 is 2.25 bits per heavy atom. The summed E-state index contributed by atoms with van der Waals surface area (Å²) in [4.78, 5) is 11.1. The first kappa shape index (κ1) is 15.3. The van der Waals surface area contributed by atoms with Crippen molar-refractivity contribution >= 4 is 15.5 Å². The van der Waals surface area contributed by atoms with Gasteiger partial charge < -0.3 is 14.2 Å². The lowest BCUT2D eigenvalue weighted by Crippen LogP contribution is -2.35. The van der Waals surface area contributed by atoms with E-state index in [1.54, 1.807) is 0 Å². The minimum absolute atomic E-state index is 0.0476. The van der Waals surface area contributed by atoms with E-state index in [0.717, 1.165) is 6.42 Å². The average Bonchev–Trinajstić information content (AvgIpc) is 2.28. The molecule has 0 aromatic carbocycles. The molecule has 0 N–H and O–H groups in total. The molecule has 0 aliphatic heterocycles. The van der Waals surface area contributed by atoms with Crippen molar-refractivity contribution in [1.82, 2.24) is 0 Å². The van der Waals surface area contributed by atoms with Gasteiger partial charge in [0.2, 0.25) is 0 Å². The lowest BCUT2D eigenvalue weighted by Gasteiger charge is -2.21. The van der Waals surface area contributed by atoms with Crippen LogP contribution in [-0.2, 0) is 19.0 Å². The predicted octanol–water partition coefficient (Wildman–Crippen LogP) is 0.977. The van der Waals surface area contributed by atoms with Gasteiger partial charge in [-0.2, -0.15) is 0 Å². The van der Waals surface area contributed by atoms with Gasteiger partial charge in [0.05, 0.1) is 5.73 Å². The lowest BCUT2D eigenvalue weighted by atomic mass is 10.5. The molecule has 1 unspecified atom stereocenters. The van der Waals surface area contributed by atoms with Crippen LogP contribution in [0.25, 0.3) is 0 Å². The highest BCUT2D eigenvalue weighted by Crippen LogP contribution is 2.03. The van der Waals surface area contributed by atoms with E-state index in [-0.39, 0.29) is 17.6 Å². The highest BCUT2D eigenvalue weighted by atomic mass is 28.2. The number of hydrogen-bond acceptors (Lipinski definition) is 4. The Morgan fingerprint density at radius 1 is 1.31 bits per heavy atom. The van der Waals surface area contributed by atoms with Crippen LogP contribution in [0, 0.1) is 0 Å². The zero-order valence-electron chi connectivity index (χ0n) is 10.4. The van der Waals surface area contributed by atoms with E-state index in [4.69, 9.17) is 14.2 Å². The summed E-state index contributed by atoms with van der Waals surface area (Å²) in [6.07, 6.45) is 1.98. The molecule has 0 aromatic rings. The molecule has 4 nitrogen and oxygen atoms in total. The number of hydrogen-bond donors (Lipinski definition) is 0. The highest BCUT2D eigenvalue weighted by molar-refractivity contribution is 6.38. The number of carbonyl (C=O) groups is 1. The van der Waals surface area contributed by atoms with Crippen molar-refractivity contribution in [3.63, 3.8) is 0 Å². The average molecular weight is 246 g/mol. The van der Waals surface area contributed by atoms with Crippen molar-refractivity contribution in [2.75, 3.05) is 13.2 Å². The fourth-order valence-corrected chi connectivity index (χ4v) is 3.05.